The van der Waals surface area contributed by atoms with Gasteiger partial charge in [0.1, 0.15) is 12.1 Å². The van der Waals surface area contributed by atoms with Crippen LogP contribution in [0, 0.1) is 0 Å². The molecule has 8 heteroatoms. The van der Waals surface area contributed by atoms with Crippen molar-refractivity contribution in [1.82, 2.24) is 19.7 Å². The van der Waals surface area contributed by atoms with E-state index in [4.69, 9.17) is 0 Å². The van der Waals surface area contributed by atoms with Crippen LogP contribution < -0.4 is 0 Å². The third-order valence-corrected chi connectivity index (χ3v) is 5.23. The number of carbonyl (C=O) groups excluding carboxylic acids is 1. The summed E-state index contributed by atoms with van der Waals surface area (Å²) in [6, 6.07) is 0.158. The summed E-state index contributed by atoms with van der Waals surface area (Å²) < 4.78 is 25.7. The molecular formula is C12H20N4O3S. The van der Waals surface area contributed by atoms with E-state index in [-0.39, 0.29) is 17.1 Å². The van der Waals surface area contributed by atoms with E-state index >= 15 is 0 Å². The van der Waals surface area contributed by atoms with E-state index < -0.39 is 15.6 Å². The first-order chi connectivity index (χ1) is 9.45. The Hall–Kier alpha value is -1.44. The molecule has 1 aliphatic rings. The number of sulfone groups is 1. The van der Waals surface area contributed by atoms with Crippen LogP contribution in [0.5, 0.6) is 0 Å². The molecule has 112 valence electrons. The van der Waals surface area contributed by atoms with Gasteiger partial charge in [0.25, 0.3) is 0 Å². The topological polar surface area (TPSA) is 85.2 Å². The van der Waals surface area contributed by atoms with Gasteiger partial charge in [-0.1, -0.05) is 6.92 Å². The number of aromatic nitrogens is 3. The van der Waals surface area contributed by atoms with Crippen LogP contribution >= 0.6 is 0 Å². The molecule has 1 saturated heterocycles. The number of hydrogen-bond acceptors (Lipinski definition) is 5. The Kier molecular flexibility index (Phi) is 4.42. The van der Waals surface area contributed by atoms with Crippen LogP contribution in [0.4, 0.5) is 0 Å². The molecule has 0 spiro atoms. The Morgan fingerprint density at radius 3 is 2.80 bits per heavy atom. The summed E-state index contributed by atoms with van der Waals surface area (Å²) in [5.74, 6) is -0.865. The molecule has 0 saturated carbocycles. The monoisotopic (exact) mass is 300 g/mol. The number of hydrogen-bond donors (Lipinski definition) is 0. The molecule has 1 atom stereocenters. The predicted octanol–water partition coefficient (Wildman–Crippen LogP) is 0.380. The smallest absolute Gasteiger partial charge is 0.249 e. The molecule has 2 rings (SSSR count). The molecule has 0 aliphatic carbocycles. The first-order valence-corrected chi connectivity index (χ1v) is 8.47. The normalized spacial score (nSPS) is 20.1. The molecule has 7 nitrogen and oxygen atoms in total. The highest BCUT2D eigenvalue weighted by molar-refractivity contribution is 7.91. The summed E-state index contributed by atoms with van der Waals surface area (Å²) >= 11 is 0. The van der Waals surface area contributed by atoms with Gasteiger partial charge in [-0.25, -0.2) is 8.42 Å². The lowest BCUT2D eigenvalue weighted by atomic mass is 10.0. The number of piperidine rings is 1. The van der Waals surface area contributed by atoms with Crippen molar-refractivity contribution in [1.29, 1.82) is 0 Å². The average molecular weight is 300 g/mol. The van der Waals surface area contributed by atoms with Crippen molar-refractivity contribution in [3.63, 3.8) is 0 Å². The van der Waals surface area contributed by atoms with E-state index in [0.717, 1.165) is 25.7 Å². The summed E-state index contributed by atoms with van der Waals surface area (Å²) in [5.41, 5.74) is 0. The van der Waals surface area contributed by atoms with Crippen LogP contribution in [0.2, 0.25) is 0 Å². The zero-order chi connectivity index (χ0) is 14.8. The first kappa shape index (κ1) is 15.0. The van der Waals surface area contributed by atoms with Gasteiger partial charge in [-0.3, -0.25) is 4.79 Å². The Morgan fingerprint density at radius 1 is 1.45 bits per heavy atom. The molecule has 0 unspecified atom stereocenters. The van der Waals surface area contributed by atoms with Gasteiger partial charge >= 0.3 is 0 Å². The fourth-order valence-electron chi connectivity index (χ4n) is 2.62. The van der Waals surface area contributed by atoms with Crippen molar-refractivity contribution in [2.24, 2.45) is 7.05 Å². The van der Waals surface area contributed by atoms with Gasteiger partial charge in [-0.2, -0.15) is 0 Å². The second-order valence-electron chi connectivity index (χ2n) is 5.13. The number of rotatable bonds is 4. The minimum Gasteiger partial charge on any atom is -0.339 e. The molecule has 0 radical (unpaired) electrons. The molecule has 1 amide bonds. The van der Waals surface area contributed by atoms with E-state index in [1.807, 2.05) is 6.92 Å². The summed E-state index contributed by atoms with van der Waals surface area (Å²) in [6.07, 6.45) is 5.15. The average Bonchev–Trinajstić information content (AvgIpc) is 2.85. The second-order valence-corrected chi connectivity index (χ2v) is 7.01. The lowest BCUT2D eigenvalue weighted by Crippen LogP contribution is -2.46. The highest BCUT2D eigenvalue weighted by atomic mass is 32.2. The number of nitrogens with zero attached hydrogens (tertiary/aromatic N) is 4. The molecular weight excluding hydrogens is 280 g/mol. The molecule has 1 aromatic rings. The Labute approximate surface area is 118 Å². The van der Waals surface area contributed by atoms with Gasteiger partial charge in [0.05, 0.1) is 0 Å². The van der Waals surface area contributed by atoms with E-state index in [1.54, 1.807) is 11.9 Å². The zero-order valence-corrected chi connectivity index (χ0v) is 12.6. The van der Waals surface area contributed by atoms with E-state index in [9.17, 15) is 13.2 Å². The standard InChI is InChI=1S/C12H20N4O3S/c1-3-10-6-4-5-7-16(10)11(17)8-20(18,19)12-14-13-9-15(12)2/h9-10H,3-8H2,1-2H3/t10-/m1/s1. The second kappa shape index (κ2) is 5.90. The van der Waals surface area contributed by atoms with Gasteiger partial charge in [0.15, 0.2) is 0 Å². The number of likely N-dealkylation sites (tertiary alicyclic amines) is 1. The molecule has 2 heterocycles. The Morgan fingerprint density at radius 2 is 2.20 bits per heavy atom. The van der Waals surface area contributed by atoms with Gasteiger partial charge in [-0.05, 0) is 25.7 Å². The zero-order valence-electron chi connectivity index (χ0n) is 11.8. The SMILES string of the molecule is CC[C@@H]1CCCCN1C(=O)CS(=O)(=O)c1nncn1C. The molecule has 20 heavy (non-hydrogen) atoms. The van der Waals surface area contributed by atoms with Crippen molar-refractivity contribution in [2.45, 2.75) is 43.8 Å². The summed E-state index contributed by atoms with van der Waals surface area (Å²) in [6.45, 7) is 2.67. The summed E-state index contributed by atoms with van der Waals surface area (Å²) in [5, 5.41) is 6.97. The predicted molar refractivity (Wildman–Crippen MR) is 72.7 cm³/mol. The maximum absolute atomic E-state index is 12.3. The van der Waals surface area contributed by atoms with Gasteiger partial charge in [-0.15, -0.1) is 10.2 Å². The van der Waals surface area contributed by atoms with Crippen LogP contribution in [-0.2, 0) is 21.7 Å². The van der Waals surface area contributed by atoms with Crippen molar-refractivity contribution < 1.29 is 13.2 Å². The lowest BCUT2D eigenvalue weighted by molar-refractivity contribution is -0.132. The number of amides is 1. The summed E-state index contributed by atoms with van der Waals surface area (Å²) in [7, 11) is -2.18. The van der Waals surface area contributed by atoms with E-state index in [1.165, 1.54) is 10.9 Å². The Balaban J connectivity index is 2.13. The fraction of sp³-hybridized carbons (Fsp3) is 0.750. The van der Waals surface area contributed by atoms with Crippen LogP contribution in [0.3, 0.4) is 0 Å². The number of aryl methyl sites for hydroxylation is 1. The van der Waals surface area contributed by atoms with Crippen molar-refractivity contribution in [3.8, 4) is 0 Å². The van der Waals surface area contributed by atoms with Gasteiger partial charge in [0.2, 0.25) is 20.9 Å². The lowest BCUT2D eigenvalue weighted by Gasteiger charge is -2.35. The largest absolute Gasteiger partial charge is 0.339 e. The molecule has 0 aromatic carbocycles. The highest BCUT2D eigenvalue weighted by Crippen LogP contribution is 2.20. The van der Waals surface area contributed by atoms with Gasteiger partial charge < -0.3 is 9.47 Å². The van der Waals surface area contributed by atoms with E-state index in [0.29, 0.717) is 6.54 Å². The highest BCUT2D eigenvalue weighted by Gasteiger charge is 2.31. The minimum atomic E-state index is -3.73. The van der Waals surface area contributed by atoms with Crippen molar-refractivity contribution in [2.75, 3.05) is 12.3 Å². The number of carbonyl (C=O) groups is 1. The molecule has 1 aliphatic heterocycles. The van der Waals surface area contributed by atoms with Crippen LogP contribution in [0.15, 0.2) is 11.5 Å². The van der Waals surface area contributed by atoms with Crippen molar-refractivity contribution >= 4 is 15.7 Å². The third kappa shape index (κ3) is 3.00. The third-order valence-electron chi connectivity index (χ3n) is 3.68. The van der Waals surface area contributed by atoms with Gasteiger partial charge in [0, 0.05) is 19.6 Å². The molecule has 1 fully saturated rings. The fourth-order valence-corrected chi connectivity index (χ4v) is 3.90. The quantitative estimate of drug-likeness (QED) is 0.802. The maximum Gasteiger partial charge on any atom is 0.249 e. The van der Waals surface area contributed by atoms with Crippen LogP contribution in [0.1, 0.15) is 32.6 Å². The summed E-state index contributed by atoms with van der Waals surface area (Å²) in [4.78, 5) is 14.0. The maximum atomic E-state index is 12.3. The van der Waals surface area contributed by atoms with E-state index in [2.05, 4.69) is 10.2 Å². The van der Waals surface area contributed by atoms with Crippen molar-refractivity contribution in [3.05, 3.63) is 6.33 Å². The minimum absolute atomic E-state index is 0.157. The molecule has 0 bridgehead atoms. The van der Waals surface area contributed by atoms with Crippen LogP contribution in [0.25, 0.3) is 0 Å². The molecule has 0 N–H and O–H groups in total. The van der Waals surface area contributed by atoms with Crippen LogP contribution in [-0.4, -0.2) is 52.3 Å². The first-order valence-electron chi connectivity index (χ1n) is 6.82. The Bertz CT molecular complexity index is 581. The molecule has 1 aromatic heterocycles.